The van der Waals surface area contributed by atoms with E-state index in [2.05, 4.69) is 58.3 Å². The molecule has 1 aliphatic carbocycles. The summed E-state index contributed by atoms with van der Waals surface area (Å²) in [5, 5.41) is 3.43. The second-order valence-corrected chi connectivity index (χ2v) is 7.59. The monoisotopic (exact) mass is 350 g/mol. The van der Waals surface area contributed by atoms with Crippen LogP contribution in [0, 0.1) is 12.8 Å². The van der Waals surface area contributed by atoms with Crippen molar-refractivity contribution in [2.45, 2.75) is 51.1 Å². The molecule has 1 heterocycles. The lowest BCUT2D eigenvalue weighted by molar-refractivity contribution is 0.145. The molecule has 2 atom stereocenters. The molecule has 1 aromatic rings. The molecule has 0 aromatic heterocycles. The van der Waals surface area contributed by atoms with Gasteiger partial charge in [0.2, 0.25) is 0 Å². The van der Waals surface area contributed by atoms with Crippen molar-refractivity contribution in [3.63, 3.8) is 0 Å². The smallest absolute Gasteiger partial charge is 0.0391 e. The fourth-order valence-corrected chi connectivity index (χ4v) is 4.12. The van der Waals surface area contributed by atoms with Gasteiger partial charge in [0.25, 0.3) is 0 Å². The van der Waals surface area contributed by atoms with Crippen molar-refractivity contribution in [2.75, 3.05) is 20.1 Å². The van der Waals surface area contributed by atoms with Crippen LogP contribution in [0.1, 0.15) is 49.3 Å². The molecule has 2 aliphatic rings. The Bertz CT molecular complexity index is 484. The van der Waals surface area contributed by atoms with Crippen LogP contribution in [0.2, 0.25) is 0 Å². The number of benzene rings is 1. The van der Waals surface area contributed by atoms with Crippen molar-refractivity contribution in [3.8, 4) is 0 Å². The summed E-state index contributed by atoms with van der Waals surface area (Å²) in [7, 11) is 2.09. The summed E-state index contributed by atoms with van der Waals surface area (Å²) >= 11 is 3.65. The topological polar surface area (TPSA) is 15.3 Å². The molecule has 2 unspecified atom stereocenters. The summed E-state index contributed by atoms with van der Waals surface area (Å²) < 4.78 is 1.23. The summed E-state index contributed by atoms with van der Waals surface area (Å²) in [6.07, 6.45) is 6.89. The van der Waals surface area contributed by atoms with Gasteiger partial charge < -0.3 is 5.32 Å². The van der Waals surface area contributed by atoms with Gasteiger partial charge in [0.15, 0.2) is 0 Å². The van der Waals surface area contributed by atoms with E-state index < -0.39 is 0 Å². The Labute approximate surface area is 137 Å². The van der Waals surface area contributed by atoms with Crippen molar-refractivity contribution in [3.05, 3.63) is 33.8 Å². The third-order valence-corrected chi connectivity index (χ3v) is 5.94. The molecule has 0 spiro atoms. The summed E-state index contributed by atoms with van der Waals surface area (Å²) in [6.45, 7) is 4.62. The predicted molar refractivity (Wildman–Crippen MR) is 92.6 cm³/mol. The van der Waals surface area contributed by atoms with Gasteiger partial charge in [-0.25, -0.2) is 0 Å². The molecule has 0 bridgehead atoms. The fourth-order valence-electron chi connectivity index (χ4n) is 3.88. The Morgan fingerprint density at radius 2 is 2.05 bits per heavy atom. The van der Waals surface area contributed by atoms with Crippen LogP contribution in [0.3, 0.4) is 0 Å². The van der Waals surface area contributed by atoms with Crippen molar-refractivity contribution in [2.24, 2.45) is 5.92 Å². The Balaban J connectivity index is 1.94. The molecule has 1 N–H and O–H groups in total. The van der Waals surface area contributed by atoms with Gasteiger partial charge in [-0.1, -0.05) is 34.5 Å². The first kappa shape index (κ1) is 15.5. The summed E-state index contributed by atoms with van der Waals surface area (Å²) in [5.74, 6) is 0.735. The molecule has 0 amide bonds. The van der Waals surface area contributed by atoms with Crippen LogP contribution in [0.4, 0.5) is 0 Å². The van der Waals surface area contributed by atoms with E-state index in [1.165, 1.54) is 54.2 Å². The first-order chi connectivity index (χ1) is 10.2. The molecule has 3 rings (SSSR count). The van der Waals surface area contributed by atoms with Gasteiger partial charge in [0, 0.05) is 16.6 Å². The zero-order valence-electron chi connectivity index (χ0n) is 13.2. The van der Waals surface area contributed by atoms with Crippen LogP contribution in [-0.4, -0.2) is 31.1 Å². The van der Waals surface area contributed by atoms with Crippen LogP contribution in [0.25, 0.3) is 0 Å². The van der Waals surface area contributed by atoms with E-state index >= 15 is 0 Å². The number of hydrogen-bond donors (Lipinski definition) is 1. The van der Waals surface area contributed by atoms with Crippen molar-refractivity contribution in [1.82, 2.24) is 10.2 Å². The molecular formula is C18H27BrN2. The minimum atomic E-state index is 0.597. The van der Waals surface area contributed by atoms with Crippen LogP contribution < -0.4 is 5.32 Å². The number of aryl methyl sites for hydroxylation is 1. The molecule has 1 aromatic carbocycles. The zero-order valence-corrected chi connectivity index (χ0v) is 14.8. The van der Waals surface area contributed by atoms with Gasteiger partial charge in [-0.05, 0) is 75.9 Å². The number of likely N-dealkylation sites (tertiary alicyclic amines) is 1. The number of rotatable bonds is 4. The lowest BCUT2D eigenvalue weighted by atomic mass is 9.88. The van der Waals surface area contributed by atoms with Crippen molar-refractivity contribution >= 4 is 15.9 Å². The summed E-state index contributed by atoms with van der Waals surface area (Å²) in [4.78, 5) is 2.82. The summed E-state index contributed by atoms with van der Waals surface area (Å²) in [6, 6.07) is 8.41. The van der Waals surface area contributed by atoms with Gasteiger partial charge >= 0.3 is 0 Å². The van der Waals surface area contributed by atoms with E-state index in [1.54, 1.807) is 0 Å². The average molecular weight is 351 g/mol. The highest BCUT2D eigenvalue weighted by atomic mass is 79.9. The normalized spacial score (nSPS) is 27.6. The molecule has 2 nitrogen and oxygen atoms in total. The van der Waals surface area contributed by atoms with Crippen molar-refractivity contribution < 1.29 is 0 Å². The standard InChI is InChI=1S/C18H27BrN2/c1-13-11-14(6-9-17(13)19)18-15(12-20-2)5-3-4-10-21(18)16-7-8-16/h6,9,11,15-16,18,20H,3-5,7-8,10,12H2,1-2H3. The van der Waals surface area contributed by atoms with E-state index in [0.29, 0.717) is 6.04 Å². The number of nitrogens with one attached hydrogen (secondary N) is 1. The highest BCUT2D eigenvalue weighted by Gasteiger charge is 2.39. The largest absolute Gasteiger partial charge is 0.319 e. The van der Waals surface area contributed by atoms with Crippen LogP contribution in [-0.2, 0) is 0 Å². The Hall–Kier alpha value is -0.380. The molecule has 21 heavy (non-hydrogen) atoms. The highest BCUT2D eigenvalue weighted by molar-refractivity contribution is 9.10. The molecule has 1 aliphatic heterocycles. The fraction of sp³-hybridized carbons (Fsp3) is 0.667. The van der Waals surface area contributed by atoms with Gasteiger partial charge in [-0.15, -0.1) is 0 Å². The third-order valence-electron chi connectivity index (χ3n) is 5.05. The van der Waals surface area contributed by atoms with Gasteiger partial charge in [-0.3, -0.25) is 4.90 Å². The lowest BCUT2D eigenvalue weighted by Gasteiger charge is -2.36. The maximum Gasteiger partial charge on any atom is 0.0391 e. The van der Waals surface area contributed by atoms with Crippen LogP contribution in [0.15, 0.2) is 22.7 Å². The first-order valence-corrected chi connectivity index (χ1v) is 9.16. The summed E-state index contributed by atoms with van der Waals surface area (Å²) in [5.41, 5.74) is 2.88. The zero-order chi connectivity index (χ0) is 14.8. The van der Waals surface area contributed by atoms with Crippen molar-refractivity contribution in [1.29, 1.82) is 0 Å². The van der Waals surface area contributed by atoms with Gasteiger partial charge in [-0.2, -0.15) is 0 Å². The molecule has 116 valence electrons. The maximum atomic E-state index is 3.65. The Morgan fingerprint density at radius 1 is 1.24 bits per heavy atom. The SMILES string of the molecule is CNCC1CCCCN(C2CC2)C1c1ccc(Br)c(C)c1. The average Bonchev–Trinajstić information content (AvgIpc) is 3.28. The second kappa shape index (κ2) is 6.80. The number of halogens is 1. The molecule has 1 saturated heterocycles. The number of hydrogen-bond acceptors (Lipinski definition) is 2. The molecule has 0 radical (unpaired) electrons. The maximum absolute atomic E-state index is 3.65. The van der Waals surface area contributed by atoms with E-state index in [9.17, 15) is 0 Å². The minimum absolute atomic E-state index is 0.597. The molecular weight excluding hydrogens is 324 g/mol. The third kappa shape index (κ3) is 3.52. The van der Waals surface area contributed by atoms with Crippen LogP contribution >= 0.6 is 15.9 Å². The van der Waals surface area contributed by atoms with Gasteiger partial charge in [0.1, 0.15) is 0 Å². The quantitative estimate of drug-likeness (QED) is 0.871. The number of nitrogens with zero attached hydrogens (tertiary/aromatic N) is 1. The van der Waals surface area contributed by atoms with E-state index in [1.807, 2.05) is 0 Å². The predicted octanol–water partition coefficient (Wildman–Crippen LogP) is 4.28. The molecule has 2 fully saturated rings. The molecule has 3 heteroatoms. The van der Waals surface area contributed by atoms with E-state index in [-0.39, 0.29) is 0 Å². The van der Waals surface area contributed by atoms with Gasteiger partial charge in [0.05, 0.1) is 0 Å². The van der Waals surface area contributed by atoms with E-state index in [4.69, 9.17) is 0 Å². The molecule has 1 saturated carbocycles. The Kier molecular flexibility index (Phi) is 5.03. The highest BCUT2D eigenvalue weighted by Crippen LogP contribution is 2.42. The minimum Gasteiger partial charge on any atom is -0.319 e. The Morgan fingerprint density at radius 3 is 2.71 bits per heavy atom. The lowest BCUT2D eigenvalue weighted by Crippen LogP contribution is -2.37. The second-order valence-electron chi connectivity index (χ2n) is 6.74. The van der Waals surface area contributed by atoms with E-state index in [0.717, 1.165) is 18.5 Å². The van der Waals surface area contributed by atoms with Crippen LogP contribution in [0.5, 0.6) is 0 Å². The first-order valence-electron chi connectivity index (χ1n) is 8.37.